The van der Waals surface area contributed by atoms with Crippen LogP contribution in [0.5, 0.6) is 11.5 Å². The van der Waals surface area contributed by atoms with Gasteiger partial charge >= 0.3 is 5.97 Å². The largest absolute Gasteiger partial charge is 0.490 e. The van der Waals surface area contributed by atoms with Crippen LogP contribution in [0.25, 0.3) is 0 Å². The van der Waals surface area contributed by atoms with Crippen LogP contribution in [0, 0.1) is 0 Å². The SMILES string of the molecule is CC(C)c1c2c(cc(Br)c1C1(C(=O)O)CC1)OCCCO2. The van der Waals surface area contributed by atoms with Gasteiger partial charge in [-0.05, 0) is 30.4 Å². The molecule has 0 spiro atoms. The number of benzene rings is 1. The molecule has 1 heterocycles. The molecule has 1 saturated carbocycles. The second-order valence-electron chi connectivity index (χ2n) is 6.07. The predicted molar refractivity (Wildman–Crippen MR) is 82.4 cm³/mol. The number of halogens is 1. The summed E-state index contributed by atoms with van der Waals surface area (Å²) in [6.45, 7) is 5.36. The third-order valence-corrected chi connectivity index (χ3v) is 4.87. The van der Waals surface area contributed by atoms with Crippen molar-refractivity contribution in [3.63, 3.8) is 0 Å². The van der Waals surface area contributed by atoms with E-state index in [1.165, 1.54) is 0 Å². The first kappa shape index (κ1) is 14.7. The molecule has 1 aromatic carbocycles. The van der Waals surface area contributed by atoms with Gasteiger partial charge in [-0.1, -0.05) is 29.8 Å². The van der Waals surface area contributed by atoms with Crippen LogP contribution in [-0.2, 0) is 10.2 Å². The van der Waals surface area contributed by atoms with Crippen molar-refractivity contribution < 1.29 is 19.4 Å². The Balaban J connectivity index is 2.25. The van der Waals surface area contributed by atoms with Gasteiger partial charge < -0.3 is 14.6 Å². The Hall–Kier alpha value is -1.23. The van der Waals surface area contributed by atoms with Gasteiger partial charge in [0.2, 0.25) is 0 Å². The van der Waals surface area contributed by atoms with Crippen molar-refractivity contribution >= 4 is 21.9 Å². The second kappa shape index (κ2) is 5.20. The van der Waals surface area contributed by atoms with Crippen LogP contribution in [0.2, 0.25) is 0 Å². The fourth-order valence-electron chi connectivity index (χ4n) is 3.03. The van der Waals surface area contributed by atoms with Gasteiger partial charge in [0, 0.05) is 16.5 Å². The van der Waals surface area contributed by atoms with Gasteiger partial charge in [0.05, 0.1) is 18.6 Å². The monoisotopic (exact) mass is 354 g/mol. The van der Waals surface area contributed by atoms with Crippen LogP contribution < -0.4 is 9.47 Å². The lowest BCUT2D eigenvalue weighted by Gasteiger charge is -2.24. The number of carboxylic acids is 1. The van der Waals surface area contributed by atoms with E-state index in [4.69, 9.17) is 9.47 Å². The van der Waals surface area contributed by atoms with E-state index in [-0.39, 0.29) is 5.92 Å². The molecule has 3 rings (SSSR count). The Bertz CT molecular complexity index is 590. The number of rotatable bonds is 3. The van der Waals surface area contributed by atoms with E-state index < -0.39 is 11.4 Å². The highest BCUT2D eigenvalue weighted by atomic mass is 79.9. The highest BCUT2D eigenvalue weighted by Crippen LogP contribution is 2.56. The fraction of sp³-hybridized carbons (Fsp3) is 0.562. The van der Waals surface area contributed by atoms with E-state index in [1.54, 1.807) is 0 Å². The van der Waals surface area contributed by atoms with Crippen molar-refractivity contribution in [1.29, 1.82) is 0 Å². The lowest BCUT2D eigenvalue weighted by atomic mass is 9.85. The van der Waals surface area contributed by atoms with E-state index in [0.29, 0.717) is 31.8 Å². The van der Waals surface area contributed by atoms with Gasteiger partial charge in [0.25, 0.3) is 0 Å². The summed E-state index contributed by atoms with van der Waals surface area (Å²) < 4.78 is 12.5. The van der Waals surface area contributed by atoms with E-state index >= 15 is 0 Å². The summed E-state index contributed by atoms with van der Waals surface area (Å²) in [6, 6.07) is 1.87. The molecule has 0 unspecified atom stereocenters. The molecule has 0 saturated heterocycles. The minimum Gasteiger partial charge on any atom is -0.490 e. The second-order valence-corrected chi connectivity index (χ2v) is 6.92. The minimum absolute atomic E-state index is 0.171. The maximum Gasteiger partial charge on any atom is 0.314 e. The zero-order valence-corrected chi connectivity index (χ0v) is 13.8. The number of fused-ring (bicyclic) bond motifs is 1. The molecule has 0 aromatic heterocycles. The van der Waals surface area contributed by atoms with Gasteiger partial charge in [-0.15, -0.1) is 0 Å². The quantitative estimate of drug-likeness (QED) is 0.895. The van der Waals surface area contributed by atoms with Crippen molar-refractivity contribution in [1.82, 2.24) is 0 Å². The van der Waals surface area contributed by atoms with Gasteiger partial charge in [-0.25, -0.2) is 0 Å². The first-order valence-electron chi connectivity index (χ1n) is 7.33. The predicted octanol–water partition coefficient (Wildman–Crippen LogP) is 3.85. The normalized spacial score (nSPS) is 19.2. The maximum atomic E-state index is 11.8. The lowest BCUT2D eigenvalue weighted by Crippen LogP contribution is -2.23. The first-order valence-corrected chi connectivity index (χ1v) is 8.12. The molecule has 4 nitrogen and oxygen atoms in total. The Morgan fingerprint density at radius 1 is 1.33 bits per heavy atom. The molecule has 1 aromatic rings. The summed E-state index contributed by atoms with van der Waals surface area (Å²) in [5.41, 5.74) is 1.08. The zero-order chi connectivity index (χ0) is 15.2. The summed E-state index contributed by atoms with van der Waals surface area (Å²) >= 11 is 3.57. The van der Waals surface area contributed by atoms with Crippen LogP contribution in [0.3, 0.4) is 0 Å². The molecule has 1 aliphatic heterocycles. The molecule has 1 aliphatic carbocycles. The minimum atomic E-state index is -0.761. The molecule has 0 bridgehead atoms. The number of carbonyl (C=O) groups is 1. The molecule has 0 radical (unpaired) electrons. The molecule has 0 amide bonds. The molecule has 1 N–H and O–H groups in total. The van der Waals surface area contributed by atoms with Gasteiger partial charge in [0.15, 0.2) is 11.5 Å². The topological polar surface area (TPSA) is 55.8 Å². The third-order valence-electron chi connectivity index (χ3n) is 4.24. The van der Waals surface area contributed by atoms with E-state index in [1.807, 2.05) is 6.07 Å². The van der Waals surface area contributed by atoms with Crippen molar-refractivity contribution in [3.8, 4) is 11.5 Å². The van der Waals surface area contributed by atoms with Crippen LogP contribution in [-0.4, -0.2) is 24.3 Å². The number of hydrogen-bond donors (Lipinski definition) is 1. The van der Waals surface area contributed by atoms with E-state index in [9.17, 15) is 9.90 Å². The van der Waals surface area contributed by atoms with Crippen LogP contribution in [0.1, 0.15) is 50.2 Å². The van der Waals surface area contributed by atoms with Crippen molar-refractivity contribution in [3.05, 3.63) is 21.7 Å². The zero-order valence-electron chi connectivity index (χ0n) is 12.2. The highest BCUT2D eigenvalue weighted by molar-refractivity contribution is 9.10. The summed E-state index contributed by atoms with van der Waals surface area (Å²) in [4.78, 5) is 11.8. The summed E-state index contributed by atoms with van der Waals surface area (Å²) in [5, 5.41) is 9.65. The number of carboxylic acid groups (broad SMARTS) is 1. The third kappa shape index (κ3) is 2.31. The van der Waals surface area contributed by atoms with Gasteiger partial charge in [-0.3, -0.25) is 4.79 Å². The van der Waals surface area contributed by atoms with Crippen molar-refractivity contribution in [2.24, 2.45) is 0 Å². The van der Waals surface area contributed by atoms with Gasteiger partial charge in [0.1, 0.15) is 0 Å². The van der Waals surface area contributed by atoms with Crippen LogP contribution >= 0.6 is 15.9 Å². The van der Waals surface area contributed by atoms with E-state index in [0.717, 1.165) is 27.8 Å². The lowest BCUT2D eigenvalue weighted by molar-refractivity contribution is -0.140. The Morgan fingerprint density at radius 2 is 2.00 bits per heavy atom. The Kier molecular flexibility index (Phi) is 3.64. The molecule has 5 heteroatoms. The van der Waals surface area contributed by atoms with Crippen molar-refractivity contribution in [2.75, 3.05) is 13.2 Å². The number of aliphatic carboxylic acids is 1. The maximum absolute atomic E-state index is 11.8. The molecule has 21 heavy (non-hydrogen) atoms. The average molecular weight is 355 g/mol. The van der Waals surface area contributed by atoms with Crippen LogP contribution in [0.4, 0.5) is 0 Å². The molecule has 0 atom stereocenters. The Morgan fingerprint density at radius 3 is 2.57 bits per heavy atom. The summed E-state index contributed by atoms with van der Waals surface area (Å²) in [7, 11) is 0. The molecular weight excluding hydrogens is 336 g/mol. The fourth-order valence-corrected chi connectivity index (χ4v) is 3.83. The highest BCUT2D eigenvalue weighted by Gasteiger charge is 2.54. The first-order chi connectivity index (χ1) is 9.97. The van der Waals surface area contributed by atoms with Gasteiger partial charge in [-0.2, -0.15) is 0 Å². The average Bonchev–Trinajstić information content (AvgIpc) is 3.20. The summed E-state index contributed by atoms with van der Waals surface area (Å²) in [5.74, 6) is 0.866. The molecule has 2 aliphatic rings. The molecular formula is C16H19BrO4. The Labute approximate surface area is 132 Å². The number of hydrogen-bond acceptors (Lipinski definition) is 3. The van der Waals surface area contributed by atoms with E-state index in [2.05, 4.69) is 29.8 Å². The standard InChI is InChI=1S/C16H19BrO4/c1-9(2)12-13(16(4-5-16)15(18)19)10(17)8-11-14(12)21-7-3-6-20-11/h8-9H,3-7H2,1-2H3,(H,18,19). The van der Waals surface area contributed by atoms with Crippen LogP contribution in [0.15, 0.2) is 10.5 Å². The number of ether oxygens (including phenoxy) is 2. The smallest absolute Gasteiger partial charge is 0.314 e. The molecule has 114 valence electrons. The van der Waals surface area contributed by atoms with Crippen molar-refractivity contribution in [2.45, 2.75) is 44.4 Å². The molecule has 1 fully saturated rings. The summed E-state index contributed by atoms with van der Waals surface area (Å²) in [6.07, 6.45) is 2.20.